The van der Waals surface area contributed by atoms with Crippen LogP contribution >= 0.6 is 0 Å². The first-order valence-corrected chi connectivity index (χ1v) is 19.0. The standard InChI is InChI=1S/C42H53N7O3/c1-31-26-32(2)43-39(27-31)48-23-21-47(22-24-48)38-14-13-35(28-34(38)30-52-25-9-15-46-19-17-45(3)18-20-46)44-42(51)41(50)40-37(33-10-5-4-6-11-33)29-36-12-7-8-16-49(36)40/h4-6,10-11,13-14,26-29H,7-9,12,15-25,30H2,1-3H3,(H,44,51). The Balaban J connectivity index is 1.07. The molecule has 0 unspecified atom stereocenters. The predicted octanol–water partition coefficient (Wildman–Crippen LogP) is 5.81. The third-order valence-electron chi connectivity index (χ3n) is 10.7. The van der Waals surface area contributed by atoms with Gasteiger partial charge in [0.1, 0.15) is 11.5 Å². The first kappa shape index (κ1) is 35.9. The number of benzene rings is 2. The Morgan fingerprint density at radius 2 is 1.60 bits per heavy atom. The number of likely N-dealkylation sites (N-methyl/N-ethyl adjacent to an activating group) is 1. The molecule has 4 aromatic rings. The van der Waals surface area contributed by atoms with Crippen LogP contribution in [0, 0.1) is 13.8 Å². The van der Waals surface area contributed by atoms with E-state index < -0.39 is 11.7 Å². The SMILES string of the molecule is Cc1cc(C)nc(N2CCN(c3ccc(NC(=O)C(=O)c4c(-c5ccccc5)cc5n4CCCC5)cc3COCCCN3CCN(C)CC3)CC2)c1. The van der Waals surface area contributed by atoms with Crippen molar-refractivity contribution >= 4 is 28.9 Å². The Morgan fingerprint density at radius 1 is 0.827 bits per heavy atom. The molecule has 1 amide bonds. The highest BCUT2D eigenvalue weighted by atomic mass is 16.5. The molecule has 5 heterocycles. The topological polar surface area (TPSA) is 86.2 Å². The number of aromatic nitrogens is 2. The van der Waals surface area contributed by atoms with Gasteiger partial charge in [0, 0.05) is 106 Å². The number of nitrogens with zero attached hydrogens (tertiary/aromatic N) is 6. The normalized spacial score (nSPS) is 16.9. The van der Waals surface area contributed by atoms with E-state index in [1.165, 1.54) is 5.56 Å². The van der Waals surface area contributed by atoms with Crippen molar-refractivity contribution in [1.29, 1.82) is 0 Å². The fourth-order valence-electron chi connectivity index (χ4n) is 7.91. The number of ketones is 1. The summed E-state index contributed by atoms with van der Waals surface area (Å²) in [7, 11) is 2.18. The van der Waals surface area contributed by atoms with Crippen molar-refractivity contribution in [2.45, 2.75) is 52.7 Å². The number of hydrogen-bond acceptors (Lipinski definition) is 8. The smallest absolute Gasteiger partial charge is 0.298 e. The van der Waals surface area contributed by atoms with Crippen LogP contribution in [0.2, 0.25) is 0 Å². The van der Waals surface area contributed by atoms with Gasteiger partial charge in [-0.15, -0.1) is 0 Å². The van der Waals surface area contributed by atoms with Crippen LogP contribution in [0.15, 0.2) is 66.7 Å². The number of anilines is 3. The molecule has 2 aromatic heterocycles. The van der Waals surface area contributed by atoms with Gasteiger partial charge in [0.25, 0.3) is 11.7 Å². The first-order chi connectivity index (χ1) is 25.3. The van der Waals surface area contributed by atoms with Crippen molar-refractivity contribution in [2.24, 2.45) is 0 Å². The van der Waals surface area contributed by atoms with E-state index in [0.29, 0.717) is 24.6 Å². The molecule has 10 heteroatoms. The number of hydrogen-bond donors (Lipinski definition) is 1. The number of carbonyl (C=O) groups excluding carboxylic acids is 2. The summed E-state index contributed by atoms with van der Waals surface area (Å²) in [6, 6.07) is 22.3. The van der Waals surface area contributed by atoms with Crippen molar-refractivity contribution in [2.75, 3.05) is 87.7 Å². The molecule has 0 bridgehead atoms. The highest BCUT2D eigenvalue weighted by molar-refractivity contribution is 6.47. The Kier molecular flexibility index (Phi) is 11.3. The van der Waals surface area contributed by atoms with Crippen LogP contribution in [0.25, 0.3) is 11.1 Å². The summed E-state index contributed by atoms with van der Waals surface area (Å²) in [4.78, 5) is 42.2. The van der Waals surface area contributed by atoms with Crippen LogP contribution in [0.1, 0.15) is 52.3 Å². The fraction of sp³-hybridized carbons (Fsp3) is 0.452. The zero-order valence-electron chi connectivity index (χ0n) is 31.1. The molecule has 7 rings (SSSR count). The summed E-state index contributed by atoms with van der Waals surface area (Å²) < 4.78 is 8.37. The number of carbonyl (C=O) groups is 2. The second kappa shape index (κ2) is 16.4. The van der Waals surface area contributed by atoms with E-state index in [0.717, 1.165) is 131 Å². The van der Waals surface area contributed by atoms with E-state index in [1.54, 1.807) is 0 Å². The van der Waals surface area contributed by atoms with Gasteiger partial charge >= 0.3 is 0 Å². The van der Waals surface area contributed by atoms with Crippen LogP contribution in [-0.4, -0.2) is 104 Å². The summed E-state index contributed by atoms with van der Waals surface area (Å²) in [5.41, 5.74) is 8.34. The molecule has 0 aliphatic carbocycles. The van der Waals surface area contributed by atoms with Crippen LogP contribution in [0.4, 0.5) is 17.2 Å². The molecule has 52 heavy (non-hydrogen) atoms. The van der Waals surface area contributed by atoms with Gasteiger partial charge in [-0.2, -0.15) is 0 Å². The number of nitrogens with one attached hydrogen (secondary N) is 1. The van der Waals surface area contributed by atoms with Crippen LogP contribution in [-0.2, 0) is 29.1 Å². The van der Waals surface area contributed by atoms with E-state index in [9.17, 15) is 9.59 Å². The maximum atomic E-state index is 14.0. The molecule has 1 N–H and O–H groups in total. The third-order valence-corrected chi connectivity index (χ3v) is 10.7. The van der Waals surface area contributed by atoms with Crippen molar-refractivity contribution in [3.63, 3.8) is 0 Å². The quantitative estimate of drug-likeness (QED) is 0.113. The molecule has 2 saturated heterocycles. The van der Waals surface area contributed by atoms with Crippen LogP contribution < -0.4 is 15.1 Å². The monoisotopic (exact) mass is 703 g/mol. The van der Waals surface area contributed by atoms with Gasteiger partial charge in [-0.25, -0.2) is 4.98 Å². The van der Waals surface area contributed by atoms with Gasteiger partial charge in [-0.05, 0) is 94.1 Å². The number of Topliss-reactive ketones (excluding diaryl/α,β-unsaturated/α-hetero) is 1. The van der Waals surface area contributed by atoms with Crippen LogP contribution in [0.3, 0.4) is 0 Å². The minimum absolute atomic E-state index is 0.430. The Morgan fingerprint density at radius 3 is 2.37 bits per heavy atom. The lowest BCUT2D eigenvalue weighted by Gasteiger charge is -2.38. The molecule has 274 valence electrons. The van der Waals surface area contributed by atoms with Crippen molar-refractivity contribution in [1.82, 2.24) is 19.4 Å². The highest BCUT2D eigenvalue weighted by Crippen LogP contribution is 2.32. The largest absolute Gasteiger partial charge is 0.377 e. The van der Waals surface area contributed by atoms with Gasteiger partial charge in [0.2, 0.25) is 0 Å². The van der Waals surface area contributed by atoms with E-state index in [1.807, 2.05) is 49.4 Å². The zero-order chi connectivity index (χ0) is 36.0. The molecule has 0 atom stereocenters. The number of piperazine rings is 2. The van der Waals surface area contributed by atoms with Gasteiger partial charge < -0.3 is 34.2 Å². The lowest BCUT2D eigenvalue weighted by Crippen LogP contribution is -2.47. The molecule has 2 fully saturated rings. The minimum atomic E-state index is -0.620. The molecule has 2 aromatic carbocycles. The lowest BCUT2D eigenvalue weighted by atomic mass is 10.0. The van der Waals surface area contributed by atoms with E-state index >= 15 is 0 Å². The maximum Gasteiger partial charge on any atom is 0.298 e. The molecule has 0 radical (unpaired) electrons. The highest BCUT2D eigenvalue weighted by Gasteiger charge is 2.29. The summed E-state index contributed by atoms with van der Waals surface area (Å²) in [5.74, 6) is -0.0950. The van der Waals surface area contributed by atoms with Crippen molar-refractivity contribution < 1.29 is 14.3 Å². The van der Waals surface area contributed by atoms with Gasteiger partial charge in [-0.3, -0.25) is 9.59 Å². The maximum absolute atomic E-state index is 14.0. The van der Waals surface area contributed by atoms with E-state index in [4.69, 9.17) is 9.72 Å². The number of fused-ring (bicyclic) bond motifs is 1. The second-order valence-electron chi connectivity index (χ2n) is 14.7. The lowest BCUT2D eigenvalue weighted by molar-refractivity contribution is -0.112. The number of rotatable bonds is 12. The molecular weight excluding hydrogens is 651 g/mol. The van der Waals surface area contributed by atoms with Crippen molar-refractivity contribution in [3.05, 3.63) is 94.9 Å². The first-order valence-electron chi connectivity index (χ1n) is 19.0. The molecular formula is C42H53N7O3. The Hall–Kier alpha value is -4.51. The number of ether oxygens (including phenoxy) is 1. The Labute approximate surface area is 308 Å². The zero-order valence-corrected chi connectivity index (χ0v) is 31.1. The fourth-order valence-corrected chi connectivity index (χ4v) is 7.91. The van der Waals surface area contributed by atoms with E-state index in [2.05, 4.69) is 67.7 Å². The summed E-state index contributed by atoms with van der Waals surface area (Å²) in [5, 5.41) is 2.97. The average molecular weight is 704 g/mol. The molecule has 3 aliphatic heterocycles. The van der Waals surface area contributed by atoms with Gasteiger partial charge in [0.05, 0.1) is 6.61 Å². The molecule has 3 aliphatic rings. The second-order valence-corrected chi connectivity index (χ2v) is 14.7. The summed E-state index contributed by atoms with van der Waals surface area (Å²) in [6.45, 7) is 14.9. The molecule has 0 saturated carbocycles. The molecule has 10 nitrogen and oxygen atoms in total. The summed E-state index contributed by atoms with van der Waals surface area (Å²) >= 11 is 0. The predicted molar refractivity (Wildman–Crippen MR) is 209 cm³/mol. The average Bonchev–Trinajstić information content (AvgIpc) is 3.55. The number of pyridine rings is 1. The summed E-state index contributed by atoms with van der Waals surface area (Å²) in [6.07, 6.45) is 3.96. The number of aryl methyl sites for hydroxylation is 3. The van der Waals surface area contributed by atoms with Gasteiger partial charge in [-0.1, -0.05) is 30.3 Å². The van der Waals surface area contributed by atoms with Crippen molar-refractivity contribution in [3.8, 4) is 11.1 Å². The van der Waals surface area contributed by atoms with Gasteiger partial charge in [0.15, 0.2) is 0 Å². The minimum Gasteiger partial charge on any atom is -0.377 e. The number of amides is 1. The van der Waals surface area contributed by atoms with Crippen LogP contribution in [0.5, 0.6) is 0 Å². The molecule has 0 spiro atoms. The van der Waals surface area contributed by atoms with E-state index in [-0.39, 0.29) is 0 Å². The third kappa shape index (κ3) is 8.41. The Bertz CT molecular complexity index is 1840.